The molecule has 6 heteroatoms. The third kappa shape index (κ3) is 4.84. The molecule has 0 amide bonds. The molecule has 0 atom stereocenters. The van der Waals surface area contributed by atoms with Crippen LogP contribution in [0.2, 0.25) is 0 Å². The monoisotopic (exact) mass is 325 g/mol. The molecule has 114 valence electrons. The second-order valence-electron chi connectivity index (χ2n) is 4.87. The molecule has 1 aromatic heterocycles. The number of hydrogen-bond acceptors (Lipinski definition) is 4. The van der Waals surface area contributed by atoms with Crippen molar-refractivity contribution < 1.29 is 13.2 Å². The van der Waals surface area contributed by atoms with E-state index in [1.165, 1.54) is 4.88 Å². The van der Waals surface area contributed by atoms with Gasteiger partial charge in [0.05, 0.1) is 11.0 Å². The van der Waals surface area contributed by atoms with E-state index in [-0.39, 0.29) is 11.0 Å². The molecule has 0 unspecified atom stereocenters. The van der Waals surface area contributed by atoms with Gasteiger partial charge in [0, 0.05) is 11.4 Å². The first kappa shape index (κ1) is 16.0. The summed E-state index contributed by atoms with van der Waals surface area (Å²) in [6, 6.07) is 10.4. The molecule has 1 heterocycles. The Balaban J connectivity index is 1.95. The number of nitrogens with one attached hydrogen (secondary N) is 1. The molecular weight excluding hydrogens is 306 g/mol. The predicted octanol–water partition coefficient (Wildman–Crippen LogP) is 3.06. The second-order valence-corrected chi connectivity index (χ2v) is 7.66. The molecular formula is C15H19NO3S2. The molecule has 0 saturated heterocycles. The maximum Gasteiger partial charge on any atom is 0.240 e. The van der Waals surface area contributed by atoms with Crippen molar-refractivity contribution in [3.05, 3.63) is 46.7 Å². The largest absolute Gasteiger partial charge is 0.491 e. The van der Waals surface area contributed by atoms with Crippen LogP contribution in [0.1, 0.15) is 18.7 Å². The van der Waals surface area contributed by atoms with Gasteiger partial charge in [0.15, 0.2) is 0 Å². The summed E-state index contributed by atoms with van der Waals surface area (Å²) >= 11 is 1.63. The Kier molecular flexibility index (Phi) is 5.39. The Hall–Kier alpha value is -1.37. The molecule has 0 saturated carbocycles. The smallest absolute Gasteiger partial charge is 0.240 e. The lowest BCUT2D eigenvalue weighted by molar-refractivity contribution is 0.242. The van der Waals surface area contributed by atoms with E-state index in [9.17, 15) is 8.42 Å². The number of rotatable bonds is 7. The molecule has 2 aromatic rings. The first-order valence-corrected chi connectivity index (χ1v) is 9.12. The van der Waals surface area contributed by atoms with Crippen molar-refractivity contribution in [3.8, 4) is 5.75 Å². The minimum atomic E-state index is -3.46. The normalized spacial score (nSPS) is 11.8. The van der Waals surface area contributed by atoms with Crippen molar-refractivity contribution in [1.29, 1.82) is 0 Å². The molecule has 0 aliphatic carbocycles. The van der Waals surface area contributed by atoms with Gasteiger partial charge in [-0.3, -0.25) is 0 Å². The van der Waals surface area contributed by atoms with Gasteiger partial charge >= 0.3 is 0 Å². The molecule has 0 radical (unpaired) electrons. The zero-order valence-electron chi connectivity index (χ0n) is 12.1. The molecule has 0 aliphatic rings. The Morgan fingerprint density at radius 2 is 1.90 bits per heavy atom. The highest BCUT2D eigenvalue weighted by Crippen LogP contribution is 2.17. The van der Waals surface area contributed by atoms with Crippen molar-refractivity contribution in [2.24, 2.45) is 0 Å². The quantitative estimate of drug-likeness (QED) is 0.851. The Morgan fingerprint density at radius 1 is 1.19 bits per heavy atom. The minimum absolute atomic E-state index is 0.0661. The number of thiophene rings is 1. The van der Waals surface area contributed by atoms with Crippen LogP contribution in [0.4, 0.5) is 0 Å². The molecule has 0 spiro atoms. The van der Waals surface area contributed by atoms with Gasteiger partial charge in [0.25, 0.3) is 0 Å². The molecule has 1 aromatic carbocycles. The predicted molar refractivity (Wildman–Crippen MR) is 85.4 cm³/mol. The summed E-state index contributed by atoms with van der Waals surface area (Å²) in [5.74, 6) is 0.669. The summed E-state index contributed by atoms with van der Waals surface area (Å²) in [5, 5.41) is 1.98. The third-order valence-corrected chi connectivity index (χ3v) is 5.16. The standard InChI is InChI=1S/C15H19NO3S2/c1-12(2)19-13-5-7-15(8-6-13)21(17,18)16-10-9-14-4-3-11-20-14/h3-8,11-12,16H,9-10H2,1-2H3. The summed E-state index contributed by atoms with van der Waals surface area (Å²) < 4.78 is 32.4. The molecule has 21 heavy (non-hydrogen) atoms. The Labute approximate surface area is 129 Å². The van der Waals surface area contributed by atoms with Gasteiger partial charge in [-0.05, 0) is 56.0 Å². The highest BCUT2D eigenvalue weighted by atomic mass is 32.2. The SMILES string of the molecule is CC(C)Oc1ccc(S(=O)(=O)NCCc2cccs2)cc1. The van der Waals surface area contributed by atoms with E-state index in [4.69, 9.17) is 4.74 Å². The molecule has 4 nitrogen and oxygen atoms in total. The number of ether oxygens (including phenoxy) is 1. The zero-order chi connectivity index (χ0) is 15.3. The van der Waals surface area contributed by atoms with Gasteiger partial charge in [-0.2, -0.15) is 0 Å². The van der Waals surface area contributed by atoms with Gasteiger partial charge in [0.2, 0.25) is 10.0 Å². The highest BCUT2D eigenvalue weighted by molar-refractivity contribution is 7.89. The molecule has 0 aliphatic heterocycles. The summed E-state index contributed by atoms with van der Waals surface area (Å²) in [4.78, 5) is 1.42. The van der Waals surface area contributed by atoms with E-state index in [0.29, 0.717) is 18.7 Å². The summed E-state index contributed by atoms with van der Waals surface area (Å²) in [6.07, 6.45) is 0.766. The van der Waals surface area contributed by atoms with E-state index >= 15 is 0 Å². The van der Waals surface area contributed by atoms with E-state index in [1.54, 1.807) is 35.6 Å². The Morgan fingerprint density at radius 3 is 2.48 bits per heavy atom. The van der Waals surface area contributed by atoms with E-state index in [1.807, 2.05) is 31.4 Å². The fraction of sp³-hybridized carbons (Fsp3) is 0.333. The van der Waals surface area contributed by atoms with Crippen LogP contribution in [0, 0.1) is 0 Å². The summed E-state index contributed by atoms with van der Waals surface area (Å²) in [7, 11) is -3.46. The van der Waals surface area contributed by atoms with Crippen molar-refractivity contribution in [1.82, 2.24) is 4.72 Å². The van der Waals surface area contributed by atoms with Gasteiger partial charge in [-0.1, -0.05) is 6.07 Å². The van der Waals surface area contributed by atoms with Crippen molar-refractivity contribution >= 4 is 21.4 Å². The van der Waals surface area contributed by atoms with E-state index in [0.717, 1.165) is 0 Å². The first-order chi connectivity index (χ1) is 9.97. The topological polar surface area (TPSA) is 55.4 Å². The fourth-order valence-corrected chi connectivity index (χ4v) is 3.56. The molecule has 2 rings (SSSR count). The minimum Gasteiger partial charge on any atom is -0.491 e. The number of benzene rings is 1. The number of sulfonamides is 1. The number of hydrogen-bond donors (Lipinski definition) is 1. The van der Waals surface area contributed by atoms with Crippen LogP contribution < -0.4 is 9.46 Å². The molecule has 0 bridgehead atoms. The van der Waals surface area contributed by atoms with Crippen LogP contribution in [0.15, 0.2) is 46.7 Å². The average molecular weight is 325 g/mol. The van der Waals surface area contributed by atoms with Crippen LogP contribution in [0.5, 0.6) is 5.75 Å². The lowest BCUT2D eigenvalue weighted by Gasteiger charge is -2.10. The second kappa shape index (κ2) is 7.06. The lowest BCUT2D eigenvalue weighted by Crippen LogP contribution is -2.25. The van der Waals surface area contributed by atoms with E-state index in [2.05, 4.69) is 4.72 Å². The third-order valence-electron chi connectivity index (χ3n) is 2.75. The summed E-state index contributed by atoms with van der Waals surface area (Å²) in [5.41, 5.74) is 0. The van der Waals surface area contributed by atoms with Gasteiger partial charge in [0.1, 0.15) is 5.75 Å². The summed E-state index contributed by atoms with van der Waals surface area (Å²) in [6.45, 7) is 4.25. The maximum absolute atomic E-state index is 12.1. The van der Waals surface area contributed by atoms with E-state index < -0.39 is 10.0 Å². The maximum atomic E-state index is 12.1. The van der Waals surface area contributed by atoms with Crippen molar-refractivity contribution in [2.45, 2.75) is 31.3 Å². The average Bonchev–Trinajstić information content (AvgIpc) is 2.91. The van der Waals surface area contributed by atoms with Crippen LogP contribution >= 0.6 is 11.3 Å². The lowest BCUT2D eigenvalue weighted by atomic mass is 10.3. The zero-order valence-corrected chi connectivity index (χ0v) is 13.7. The first-order valence-electron chi connectivity index (χ1n) is 6.76. The Bertz CT molecular complexity index is 647. The van der Waals surface area contributed by atoms with Crippen LogP contribution in [-0.4, -0.2) is 21.1 Å². The highest BCUT2D eigenvalue weighted by Gasteiger charge is 2.13. The van der Waals surface area contributed by atoms with Crippen LogP contribution in [0.25, 0.3) is 0 Å². The van der Waals surface area contributed by atoms with Crippen molar-refractivity contribution in [2.75, 3.05) is 6.54 Å². The fourth-order valence-electron chi connectivity index (χ4n) is 1.82. The molecule has 0 fully saturated rings. The van der Waals surface area contributed by atoms with Crippen LogP contribution in [-0.2, 0) is 16.4 Å². The van der Waals surface area contributed by atoms with Gasteiger partial charge < -0.3 is 4.74 Å². The van der Waals surface area contributed by atoms with Crippen LogP contribution in [0.3, 0.4) is 0 Å². The van der Waals surface area contributed by atoms with Gasteiger partial charge in [-0.15, -0.1) is 11.3 Å². The van der Waals surface area contributed by atoms with Gasteiger partial charge in [-0.25, -0.2) is 13.1 Å². The molecule has 1 N–H and O–H groups in total. The van der Waals surface area contributed by atoms with Crippen molar-refractivity contribution in [3.63, 3.8) is 0 Å².